The number of nitrogens with zero attached hydrogens (tertiary/aromatic N) is 1. The normalized spacial score (nSPS) is 18.8. The van der Waals surface area contributed by atoms with Gasteiger partial charge in [0, 0.05) is 18.6 Å². The summed E-state index contributed by atoms with van der Waals surface area (Å²) in [5.74, 6) is -0.938. The molecule has 0 saturated carbocycles. The van der Waals surface area contributed by atoms with Crippen molar-refractivity contribution in [1.82, 2.24) is 15.5 Å². The first-order valence-electron chi connectivity index (χ1n) is 7.72. The Kier molecular flexibility index (Phi) is 6.80. The van der Waals surface area contributed by atoms with Crippen molar-refractivity contribution in [2.75, 3.05) is 26.2 Å². The molecule has 1 fully saturated rings. The van der Waals surface area contributed by atoms with E-state index in [4.69, 9.17) is 4.74 Å². The zero-order chi connectivity index (χ0) is 16.8. The van der Waals surface area contributed by atoms with E-state index in [1.807, 2.05) is 27.7 Å². The third kappa shape index (κ3) is 6.01. The van der Waals surface area contributed by atoms with E-state index in [1.165, 1.54) is 4.90 Å². The van der Waals surface area contributed by atoms with Gasteiger partial charge < -0.3 is 20.3 Å². The van der Waals surface area contributed by atoms with Gasteiger partial charge in [0.25, 0.3) is 0 Å². The van der Waals surface area contributed by atoms with Crippen molar-refractivity contribution >= 4 is 17.8 Å². The maximum absolute atomic E-state index is 12.3. The van der Waals surface area contributed by atoms with Crippen LogP contribution in [0.1, 0.15) is 40.5 Å². The average Bonchev–Trinajstić information content (AvgIpc) is 2.44. The number of nitrogens with one attached hydrogen (secondary N) is 2. The van der Waals surface area contributed by atoms with E-state index in [0.29, 0.717) is 19.7 Å². The Hall–Kier alpha value is -1.63. The first kappa shape index (κ1) is 18.4. The second-order valence-electron chi connectivity index (χ2n) is 6.42. The van der Waals surface area contributed by atoms with Crippen LogP contribution in [0.4, 0.5) is 0 Å². The summed E-state index contributed by atoms with van der Waals surface area (Å²) in [6.07, 6.45) is 0.619. The quantitative estimate of drug-likeness (QED) is 0.676. The molecule has 0 aliphatic carbocycles. The summed E-state index contributed by atoms with van der Waals surface area (Å²) in [6, 6.07) is -0.785. The Labute approximate surface area is 131 Å². The third-order valence-electron chi connectivity index (χ3n) is 3.25. The largest absolute Gasteiger partial charge is 0.466 e. The Balaban J connectivity index is 2.66. The molecule has 1 aliphatic rings. The molecular weight excluding hydrogens is 286 g/mol. The van der Waals surface area contributed by atoms with Crippen molar-refractivity contribution < 1.29 is 19.1 Å². The van der Waals surface area contributed by atoms with E-state index in [1.54, 1.807) is 0 Å². The van der Waals surface area contributed by atoms with Crippen LogP contribution in [-0.2, 0) is 19.1 Å². The fourth-order valence-electron chi connectivity index (χ4n) is 2.09. The maximum atomic E-state index is 12.3. The SMILES string of the molecule is CCCOC(=O)CC1C(=O)NCCN1C(=O)CNC(C)(C)C. The highest BCUT2D eigenvalue weighted by molar-refractivity contribution is 5.92. The molecule has 0 radical (unpaired) electrons. The highest BCUT2D eigenvalue weighted by atomic mass is 16.5. The Morgan fingerprint density at radius 1 is 1.41 bits per heavy atom. The molecule has 0 aromatic heterocycles. The number of carbonyl (C=O) groups excluding carboxylic acids is 3. The fourth-order valence-corrected chi connectivity index (χ4v) is 2.09. The molecule has 2 amide bonds. The zero-order valence-electron chi connectivity index (χ0n) is 13.9. The van der Waals surface area contributed by atoms with E-state index < -0.39 is 12.0 Å². The van der Waals surface area contributed by atoms with Gasteiger partial charge in [-0.05, 0) is 27.2 Å². The van der Waals surface area contributed by atoms with Crippen LogP contribution in [0.5, 0.6) is 0 Å². The van der Waals surface area contributed by atoms with Crippen LogP contribution in [0.15, 0.2) is 0 Å². The molecule has 126 valence electrons. The summed E-state index contributed by atoms with van der Waals surface area (Å²) in [4.78, 5) is 37.5. The first-order valence-corrected chi connectivity index (χ1v) is 7.72. The zero-order valence-corrected chi connectivity index (χ0v) is 13.9. The van der Waals surface area contributed by atoms with Crippen LogP contribution in [0.25, 0.3) is 0 Å². The predicted octanol–water partition coefficient (Wildman–Crippen LogP) is 0.0448. The highest BCUT2D eigenvalue weighted by Crippen LogP contribution is 2.11. The molecule has 22 heavy (non-hydrogen) atoms. The van der Waals surface area contributed by atoms with Crippen LogP contribution in [0.2, 0.25) is 0 Å². The topological polar surface area (TPSA) is 87.7 Å². The van der Waals surface area contributed by atoms with E-state index in [2.05, 4.69) is 10.6 Å². The first-order chi connectivity index (χ1) is 10.2. The lowest BCUT2D eigenvalue weighted by Crippen LogP contribution is -2.59. The Bertz CT molecular complexity index is 418. The van der Waals surface area contributed by atoms with E-state index >= 15 is 0 Å². The number of esters is 1. The van der Waals surface area contributed by atoms with Gasteiger partial charge in [-0.3, -0.25) is 14.4 Å². The van der Waals surface area contributed by atoms with Gasteiger partial charge in [0.2, 0.25) is 11.8 Å². The van der Waals surface area contributed by atoms with Crippen LogP contribution < -0.4 is 10.6 Å². The molecule has 1 atom stereocenters. The monoisotopic (exact) mass is 313 g/mol. The minimum Gasteiger partial charge on any atom is -0.466 e. The Morgan fingerprint density at radius 2 is 2.09 bits per heavy atom. The second-order valence-corrected chi connectivity index (χ2v) is 6.42. The minimum atomic E-state index is -0.785. The van der Waals surface area contributed by atoms with Crippen LogP contribution in [-0.4, -0.2) is 60.5 Å². The van der Waals surface area contributed by atoms with Gasteiger partial charge in [-0.1, -0.05) is 6.92 Å². The molecule has 1 heterocycles. The van der Waals surface area contributed by atoms with Gasteiger partial charge in [-0.15, -0.1) is 0 Å². The van der Waals surface area contributed by atoms with Crippen molar-refractivity contribution in [3.05, 3.63) is 0 Å². The molecule has 0 aromatic carbocycles. The summed E-state index contributed by atoms with van der Waals surface area (Å²) < 4.78 is 5.01. The van der Waals surface area contributed by atoms with Gasteiger partial charge in [0.05, 0.1) is 19.6 Å². The van der Waals surface area contributed by atoms with E-state index in [9.17, 15) is 14.4 Å². The number of rotatable bonds is 6. The highest BCUT2D eigenvalue weighted by Gasteiger charge is 2.35. The smallest absolute Gasteiger partial charge is 0.308 e. The van der Waals surface area contributed by atoms with Crippen molar-refractivity contribution in [2.24, 2.45) is 0 Å². The van der Waals surface area contributed by atoms with Gasteiger partial charge >= 0.3 is 5.97 Å². The molecule has 1 saturated heterocycles. The van der Waals surface area contributed by atoms with Gasteiger partial charge in [-0.25, -0.2) is 0 Å². The molecule has 2 N–H and O–H groups in total. The Morgan fingerprint density at radius 3 is 2.68 bits per heavy atom. The second kappa shape index (κ2) is 8.12. The van der Waals surface area contributed by atoms with Crippen LogP contribution in [0, 0.1) is 0 Å². The van der Waals surface area contributed by atoms with Crippen LogP contribution >= 0.6 is 0 Å². The number of carbonyl (C=O) groups is 3. The van der Waals surface area contributed by atoms with E-state index in [-0.39, 0.29) is 30.3 Å². The van der Waals surface area contributed by atoms with Crippen molar-refractivity contribution in [1.29, 1.82) is 0 Å². The molecule has 7 nitrogen and oxygen atoms in total. The standard InChI is InChI=1S/C15H27N3O4/c1-5-8-22-13(20)9-11-14(21)16-6-7-18(11)12(19)10-17-15(2,3)4/h11,17H,5-10H2,1-4H3,(H,16,21). The van der Waals surface area contributed by atoms with Gasteiger partial charge in [-0.2, -0.15) is 0 Å². The molecule has 1 unspecified atom stereocenters. The third-order valence-corrected chi connectivity index (χ3v) is 3.25. The van der Waals surface area contributed by atoms with E-state index in [0.717, 1.165) is 6.42 Å². The summed E-state index contributed by atoms with van der Waals surface area (Å²) in [5.41, 5.74) is -0.191. The maximum Gasteiger partial charge on any atom is 0.308 e. The lowest BCUT2D eigenvalue weighted by molar-refractivity contribution is -0.151. The van der Waals surface area contributed by atoms with Crippen molar-refractivity contribution in [3.63, 3.8) is 0 Å². The fraction of sp³-hybridized carbons (Fsp3) is 0.800. The summed E-state index contributed by atoms with van der Waals surface area (Å²) >= 11 is 0. The summed E-state index contributed by atoms with van der Waals surface area (Å²) in [5, 5.41) is 5.79. The average molecular weight is 313 g/mol. The minimum absolute atomic E-state index is 0.104. The number of hydrogen-bond acceptors (Lipinski definition) is 5. The van der Waals surface area contributed by atoms with Crippen molar-refractivity contribution in [3.8, 4) is 0 Å². The molecule has 0 aromatic rings. The number of ether oxygens (including phenoxy) is 1. The number of amides is 2. The lowest BCUT2D eigenvalue weighted by atomic mass is 10.1. The molecule has 0 bridgehead atoms. The molecular formula is C15H27N3O4. The molecule has 1 rings (SSSR count). The summed E-state index contributed by atoms with van der Waals surface area (Å²) in [7, 11) is 0. The molecule has 1 aliphatic heterocycles. The van der Waals surface area contributed by atoms with Gasteiger partial charge in [0.15, 0.2) is 0 Å². The van der Waals surface area contributed by atoms with Gasteiger partial charge in [0.1, 0.15) is 6.04 Å². The molecule has 7 heteroatoms. The summed E-state index contributed by atoms with van der Waals surface area (Å²) in [6.45, 7) is 9.05. The van der Waals surface area contributed by atoms with Crippen LogP contribution in [0.3, 0.4) is 0 Å². The predicted molar refractivity (Wildman–Crippen MR) is 82.1 cm³/mol. The number of piperazine rings is 1. The molecule has 0 spiro atoms. The van der Waals surface area contributed by atoms with Crippen molar-refractivity contribution in [2.45, 2.75) is 52.1 Å². The lowest BCUT2D eigenvalue weighted by Gasteiger charge is -2.35. The number of hydrogen-bond donors (Lipinski definition) is 2.